The highest BCUT2D eigenvalue weighted by Gasteiger charge is 2.13. The predicted molar refractivity (Wildman–Crippen MR) is 83.2 cm³/mol. The quantitative estimate of drug-likeness (QED) is 0.852. The van der Waals surface area contributed by atoms with Crippen LogP contribution in [0.4, 0.5) is 5.69 Å². The number of benzene rings is 1. The summed E-state index contributed by atoms with van der Waals surface area (Å²) in [4.78, 5) is 11.9. The fourth-order valence-corrected chi connectivity index (χ4v) is 2.21. The molecule has 0 bridgehead atoms. The number of anilines is 1. The molecule has 0 saturated carbocycles. The molecule has 1 amide bonds. The summed E-state index contributed by atoms with van der Waals surface area (Å²) >= 11 is 1.68. The molecule has 6 heteroatoms. The number of nitrogens with one attached hydrogen (secondary N) is 1. The van der Waals surface area contributed by atoms with Gasteiger partial charge in [-0.3, -0.25) is 4.79 Å². The number of nitrogens with zero attached hydrogens (tertiary/aromatic N) is 2. The monoisotopic (exact) mass is 290 g/mol. The second-order valence-electron chi connectivity index (χ2n) is 4.39. The van der Waals surface area contributed by atoms with Crippen LogP contribution in [0.2, 0.25) is 0 Å². The molecule has 0 radical (unpaired) electrons. The van der Waals surface area contributed by atoms with Gasteiger partial charge in [0.1, 0.15) is 0 Å². The number of carbonyl (C=O) groups excluding carboxylic acids is 1. The van der Waals surface area contributed by atoms with Gasteiger partial charge in [-0.1, -0.05) is 18.2 Å². The Hall–Kier alpha value is -1.79. The summed E-state index contributed by atoms with van der Waals surface area (Å²) in [7, 11) is 0. The van der Waals surface area contributed by atoms with Gasteiger partial charge in [0, 0.05) is 0 Å². The van der Waals surface area contributed by atoms with E-state index in [1.54, 1.807) is 28.8 Å². The maximum atomic E-state index is 11.9. The van der Waals surface area contributed by atoms with E-state index in [-0.39, 0.29) is 5.91 Å². The number of hydrogen-bond donors (Lipinski definition) is 2. The summed E-state index contributed by atoms with van der Waals surface area (Å²) in [5.74, 6) is 0.698. The molecular formula is C14H18N4OS. The summed E-state index contributed by atoms with van der Waals surface area (Å²) in [6.07, 6.45) is 6.05. The normalized spacial score (nSPS) is 12.1. The van der Waals surface area contributed by atoms with Gasteiger partial charge in [-0.05, 0) is 30.6 Å². The third kappa shape index (κ3) is 3.85. The summed E-state index contributed by atoms with van der Waals surface area (Å²) < 4.78 is 1.71. The van der Waals surface area contributed by atoms with Crippen molar-refractivity contribution in [3.05, 3.63) is 42.7 Å². The van der Waals surface area contributed by atoms with E-state index in [2.05, 4.69) is 10.4 Å². The number of para-hydroxylation sites is 1. The van der Waals surface area contributed by atoms with E-state index in [0.717, 1.165) is 11.4 Å². The fourth-order valence-electron chi connectivity index (χ4n) is 1.72. The van der Waals surface area contributed by atoms with Crippen molar-refractivity contribution in [2.24, 2.45) is 5.73 Å². The molecule has 0 unspecified atom stereocenters. The molecule has 0 aliphatic heterocycles. The van der Waals surface area contributed by atoms with Gasteiger partial charge in [-0.15, -0.1) is 0 Å². The highest BCUT2D eigenvalue weighted by atomic mass is 32.2. The molecule has 0 spiro atoms. The largest absolute Gasteiger partial charge is 0.322 e. The van der Waals surface area contributed by atoms with Crippen LogP contribution < -0.4 is 11.1 Å². The Morgan fingerprint density at radius 3 is 2.90 bits per heavy atom. The molecule has 5 nitrogen and oxygen atoms in total. The molecule has 3 N–H and O–H groups in total. The lowest BCUT2D eigenvalue weighted by atomic mass is 10.2. The minimum Gasteiger partial charge on any atom is -0.322 e. The minimum atomic E-state index is -0.484. The summed E-state index contributed by atoms with van der Waals surface area (Å²) in [5, 5.41) is 7.00. The molecule has 2 aromatic rings. The van der Waals surface area contributed by atoms with Crippen LogP contribution in [-0.2, 0) is 4.79 Å². The Bertz CT molecular complexity index is 555. The molecule has 1 aromatic heterocycles. The van der Waals surface area contributed by atoms with E-state index in [9.17, 15) is 4.79 Å². The molecule has 0 fully saturated rings. The van der Waals surface area contributed by atoms with E-state index < -0.39 is 6.04 Å². The lowest BCUT2D eigenvalue weighted by molar-refractivity contribution is -0.117. The molecule has 0 aliphatic rings. The Morgan fingerprint density at radius 2 is 2.20 bits per heavy atom. The number of nitrogens with two attached hydrogens (primary N) is 1. The predicted octanol–water partition coefficient (Wildman–Crippen LogP) is 1.89. The lowest BCUT2D eigenvalue weighted by Gasteiger charge is -2.09. The van der Waals surface area contributed by atoms with E-state index >= 15 is 0 Å². The Morgan fingerprint density at radius 1 is 1.45 bits per heavy atom. The first-order chi connectivity index (χ1) is 9.70. The third-order valence-electron chi connectivity index (χ3n) is 2.84. The van der Waals surface area contributed by atoms with Crippen LogP contribution in [0.5, 0.6) is 0 Å². The molecular weight excluding hydrogens is 272 g/mol. The first-order valence-corrected chi connectivity index (χ1v) is 7.75. The average Bonchev–Trinajstić information content (AvgIpc) is 2.94. The number of aromatic nitrogens is 2. The van der Waals surface area contributed by atoms with Crippen molar-refractivity contribution in [3.8, 4) is 5.69 Å². The zero-order valence-electron chi connectivity index (χ0n) is 11.3. The van der Waals surface area contributed by atoms with E-state index in [0.29, 0.717) is 12.1 Å². The molecule has 20 heavy (non-hydrogen) atoms. The summed E-state index contributed by atoms with van der Waals surface area (Å²) in [6, 6.07) is 9.23. The molecule has 0 saturated heterocycles. The van der Waals surface area contributed by atoms with Crippen molar-refractivity contribution >= 4 is 23.4 Å². The second kappa shape index (κ2) is 7.12. The van der Waals surface area contributed by atoms with Crippen LogP contribution in [0, 0.1) is 0 Å². The molecule has 0 aliphatic carbocycles. The van der Waals surface area contributed by atoms with Gasteiger partial charge in [0.25, 0.3) is 0 Å². The number of thioether (sulfide) groups is 1. The van der Waals surface area contributed by atoms with Gasteiger partial charge in [-0.25, -0.2) is 4.68 Å². The Balaban J connectivity index is 1.98. The molecule has 1 atom stereocenters. The first-order valence-electron chi connectivity index (χ1n) is 6.36. The van der Waals surface area contributed by atoms with Crippen LogP contribution in [-0.4, -0.2) is 33.7 Å². The Labute approximate surface area is 122 Å². The number of rotatable bonds is 6. The first kappa shape index (κ1) is 14.6. The molecule has 2 rings (SSSR count). The summed E-state index contributed by atoms with van der Waals surface area (Å²) in [5.41, 5.74) is 7.41. The van der Waals surface area contributed by atoms with Crippen molar-refractivity contribution in [1.82, 2.24) is 9.78 Å². The van der Waals surface area contributed by atoms with Crippen LogP contribution in [0.3, 0.4) is 0 Å². The van der Waals surface area contributed by atoms with Gasteiger partial charge in [0.2, 0.25) is 5.91 Å². The number of amides is 1. The van der Waals surface area contributed by atoms with Gasteiger partial charge in [0.15, 0.2) is 0 Å². The minimum absolute atomic E-state index is 0.174. The number of hydrogen-bond acceptors (Lipinski definition) is 4. The van der Waals surface area contributed by atoms with Crippen molar-refractivity contribution in [2.45, 2.75) is 12.5 Å². The molecule has 1 aromatic carbocycles. The van der Waals surface area contributed by atoms with Crippen LogP contribution in [0.1, 0.15) is 6.42 Å². The fraction of sp³-hybridized carbons (Fsp3) is 0.286. The van der Waals surface area contributed by atoms with Crippen LogP contribution in [0.25, 0.3) is 5.69 Å². The van der Waals surface area contributed by atoms with E-state index in [1.165, 1.54) is 0 Å². The molecule has 1 heterocycles. The topological polar surface area (TPSA) is 72.9 Å². The zero-order valence-corrected chi connectivity index (χ0v) is 12.1. The van der Waals surface area contributed by atoms with Gasteiger partial charge in [-0.2, -0.15) is 16.9 Å². The molecule has 106 valence electrons. The number of carbonyl (C=O) groups is 1. The van der Waals surface area contributed by atoms with Gasteiger partial charge >= 0.3 is 0 Å². The smallest absolute Gasteiger partial charge is 0.241 e. The van der Waals surface area contributed by atoms with Crippen LogP contribution >= 0.6 is 11.8 Å². The van der Waals surface area contributed by atoms with E-state index in [4.69, 9.17) is 5.73 Å². The highest BCUT2D eigenvalue weighted by Crippen LogP contribution is 2.11. The standard InChI is InChI=1S/C14H18N4OS/c1-20-8-7-13(15)14(19)17-11-9-16-18(10-11)12-5-3-2-4-6-12/h2-6,9-10,13H,7-8,15H2,1H3,(H,17,19)/t13-/m0/s1. The highest BCUT2D eigenvalue weighted by molar-refractivity contribution is 7.98. The zero-order chi connectivity index (χ0) is 14.4. The van der Waals surface area contributed by atoms with Crippen molar-refractivity contribution < 1.29 is 4.79 Å². The lowest BCUT2D eigenvalue weighted by Crippen LogP contribution is -2.35. The van der Waals surface area contributed by atoms with Gasteiger partial charge < -0.3 is 11.1 Å². The van der Waals surface area contributed by atoms with Crippen molar-refractivity contribution in [3.63, 3.8) is 0 Å². The third-order valence-corrected chi connectivity index (χ3v) is 3.48. The average molecular weight is 290 g/mol. The summed E-state index contributed by atoms with van der Waals surface area (Å²) in [6.45, 7) is 0. The maximum absolute atomic E-state index is 11.9. The van der Waals surface area contributed by atoms with Crippen molar-refractivity contribution in [2.75, 3.05) is 17.3 Å². The van der Waals surface area contributed by atoms with Gasteiger partial charge in [0.05, 0.1) is 29.8 Å². The van der Waals surface area contributed by atoms with E-state index in [1.807, 2.05) is 36.6 Å². The SMILES string of the molecule is CSCC[C@H](N)C(=O)Nc1cnn(-c2ccccc2)c1. The maximum Gasteiger partial charge on any atom is 0.241 e. The second-order valence-corrected chi connectivity index (χ2v) is 5.37. The van der Waals surface area contributed by atoms with Crippen LogP contribution in [0.15, 0.2) is 42.7 Å². The Kier molecular flexibility index (Phi) is 5.20. The van der Waals surface area contributed by atoms with Crippen molar-refractivity contribution in [1.29, 1.82) is 0 Å².